The van der Waals surface area contributed by atoms with Crippen LogP contribution >= 0.6 is 11.3 Å². The molecule has 0 N–H and O–H groups in total. The van der Waals surface area contributed by atoms with E-state index >= 15 is 0 Å². The van der Waals surface area contributed by atoms with Crippen molar-refractivity contribution >= 4 is 27.1 Å². The third kappa shape index (κ3) is 4.86. The highest BCUT2D eigenvalue weighted by Gasteiger charge is 2.21. The molecule has 2 aliphatic rings. The van der Waals surface area contributed by atoms with E-state index in [1.165, 1.54) is 52.5 Å². The lowest BCUT2D eigenvalue weighted by molar-refractivity contribution is 0.306. The molecule has 1 atom stereocenters. The van der Waals surface area contributed by atoms with Crippen LogP contribution in [0.1, 0.15) is 73.1 Å². The van der Waals surface area contributed by atoms with E-state index in [0.717, 1.165) is 23.8 Å². The summed E-state index contributed by atoms with van der Waals surface area (Å²) in [5.41, 5.74) is 6.30. The molecule has 2 heterocycles. The summed E-state index contributed by atoms with van der Waals surface area (Å²) in [6.45, 7) is 5.26. The Balaban J connectivity index is 1.29. The quantitative estimate of drug-likeness (QED) is 0.336. The predicted molar refractivity (Wildman–Crippen MR) is 137 cm³/mol. The molecule has 2 aromatic carbocycles. The molecule has 1 aliphatic carbocycles. The zero-order valence-corrected chi connectivity index (χ0v) is 20.1. The largest absolute Gasteiger partial charge is 0.489 e. The number of benzene rings is 2. The fourth-order valence-corrected chi connectivity index (χ4v) is 6.12. The van der Waals surface area contributed by atoms with E-state index in [1.807, 2.05) is 30.4 Å². The maximum absolute atomic E-state index is 6.18. The van der Waals surface area contributed by atoms with Crippen LogP contribution in [0.2, 0.25) is 0 Å². The Kier molecular flexibility index (Phi) is 6.55. The lowest BCUT2D eigenvalue weighted by Gasteiger charge is -2.13. The van der Waals surface area contributed by atoms with Crippen molar-refractivity contribution in [3.8, 4) is 17.6 Å². The van der Waals surface area contributed by atoms with Gasteiger partial charge in [-0.1, -0.05) is 37.0 Å². The summed E-state index contributed by atoms with van der Waals surface area (Å²) in [6.07, 6.45) is 6.15. The molecule has 1 saturated carbocycles. The maximum Gasteiger partial charge on any atom is 0.119 e. The van der Waals surface area contributed by atoms with E-state index in [1.54, 1.807) is 5.56 Å². The number of aryl methyl sites for hydroxylation is 1. The molecule has 3 aromatic rings. The third-order valence-electron chi connectivity index (χ3n) is 6.69. The third-order valence-corrected chi connectivity index (χ3v) is 7.84. The van der Waals surface area contributed by atoms with Gasteiger partial charge in [-0.2, -0.15) is 5.11 Å². The molecule has 0 spiro atoms. The topological polar surface area (TPSA) is 46.3 Å². The van der Waals surface area contributed by atoms with Gasteiger partial charge in [0.25, 0.3) is 0 Å². The van der Waals surface area contributed by atoms with Crippen LogP contribution in [0.5, 0.6) is 5.75 Å². The molecule has 168 valence electrons. The second-order valence-corrected chi connectivity index (χ2v) is 9.91. The number of hydrogen-bond acceptors (Lipinski definition) is 5. The molecular weight excluding hydrogens is 426 g/mol. The second-order valence-electron chi connectivity index (χ2n) is 9.03. The lowest BCUT2D eigenvalue weighted by atomic mass is 9.94. The normalized spacial score (nSPS) is 16.6. The van der Waals surface area contributed by atoms with Gasteiger partial charge in [-0.05, 0) is 89.0 Å². The Morgan fingerprint density at radius 1 is 1.15 bits per heavy atom. The average Bonchev–Trinajstić information content (AvgIpc) is 3.59. The summed E-state index contributed by atoms with van der Waals surface area (Å²) in [7, 11) is 0. The van der Waals surface area contributed by atoms with Crippen molar-refractivity contribution in [3.63, 3.8) is 0 Å². The van der Waals surface area contributed by atoms with Gasteiger partial charge >= 0.3 is 0 Å². The molecule has 0 amide bonds. The fraction of sp³-hybridized carbons (Fsp3) is 0.393. The van der Waals surface area contributed by atoms with E-state index in [2.05, 4.69) is 63.8 Å². The second kappa shape index (κ2) is 9.89. The number of hydrogen-bond donors (Lipinski definition) is 0. The van der Waals surface area contributed by atoms with E-state index in [4.69, 9.17) is 4.74 Å². The first kappa shape index (κ1) is 21.9. The van der Waals surface area contributed by atoms with Gasteiger partial charge in [-0.15, -0.1) is 22.4 Å². The Morgan fingerprint density at radius 3 is 2.70 bits per heavy atom. The first-order chi connectivity index (χ1) is 16.2. The van der Waals surface area contributed by atoms with Crippen LogP contribution in [0.4, 0.5) is 0 Å². The van der Waals surface area contributed by atoms with Crippen molar-refractivity contribution in [1.29, 1.82) is 0 Å². The van der Waals surface area contributed by atoms with Crippen molar-refractivity contribution < 1.29 is 4.74 Å². The minimum Gasteiger partial charge on any atom is -0.489 e. The molecule has 33 heavy (non-hydrogen) atoms. The van der Waals surface area contributed by atoms with E-state index in [-0.39, 0.29) is 5.92 Å². The van der Waals surface area contributed by atoms with Gasteiger partial charge in [0.15, 0.2) is 0 Å². The van der Waals surface area contributed by atoms with Crippen LogP contribution in [-0.4, -0.2) is 12.3 Å². The summed E-state index contributed by atoms with van der Waals surface area (Å²) in [4.78, 5) is 0. The van der Waals surface area contributed by atoms with Crippen molar-refractivity contribution in [2.24, 2.45) is 15.4 Å². The molecular formula is C28H29N3OS. The molecule has 0 unspecified atom stereocenters. The zero-order chi connectivity index (χ0) is 22.6. The smallest absolute Gasteiger partial charge is 0.119 e. The molecule has 4 nitrogen and oxygen atoms in total. The van der Waals surface area contributed by atoms with Gasteiger partial charge in [0.2, 0.25) is 0 Å². The fourth-order valence-electron chi connectivity index (χ4n) is 5.01. The predicted octanol–water partition coefficient (Wildman–Crippen LogP) is 7.77. The van der Waals surface area contributed by atoms with Gasteiger partial charge in [-0.25, -0.2) is 0 Å². The van der Waals surface area contributed by atoms with Gasteiger partial charge in [0, 0.05) is 11.1 Å². The van der Waals surface area contributed by atoms with Crippen molar-refractivity contribution in [1.82, 2.24) is 0 Å². The molecule has 5 heteroatoms. The molecule has 1 fully saturated rings. The maximum atomic E-state index is 6.18. The van der Waals surface area contributed by atoms with E-state index in [9.17, 15) is 0 Å². The lowest BCUT2D eigenvalue weighted by Crippen LogP contribution is -2.07. The van der Waals surface area contributed by atoms with Crippen LogP contribution in [0, 0.1) is 18.8 Å². The summed E-state index contributed by atoms with van der Waals surface area (Å²) in [5, 5.41) is 15.6. The number of ether oxygens (including phenoxy) is 1. The van der Waals surface area contributed by atoms with Gasteiger partial charge < -0.3 is 4.74 Å². The van der Waals surface area contributed by atoms with Crippen LogP contribution < -0.4 is 4.74 Å². The molecule has 5 rings (SSSR count). The molecule has 1 aromatic heterocycles. The van der Waals surface area contributed by atoms with Crippen LogP contribution in [-0.2, 0) is 6.61 Å². The highest BCUT2D eigenvalue weighted by atomic mass is 32.1. The van der Waals surface area contributed by atoms with E-state index < -0.39 is 0 Å². The highest BCUT2D eigenvalue weighted by molar-refractivity contribution is 7.17. The zero-order valence-electron chi connectivity index (χ0n) is 19.3. The Morgan fingerprint density at radius 2 is 1.97 bits per heavy atom. The highest BCUT2D eigenvalue weighted by Crippen LogP contribution is 2.41. The number of fused-ring (bicyclic) bond motifs is 1. The van der Waals surface area contributed by atoms with Crippen LogP contribution in [0.15, 0.2) is 57.2 Å². The van der Waals surface area contributed by atoms with Crippen LogP contribution in [0.25, 0.3) is 10.1 Å². The molecule has 0 bridgehead atoms. The van der Waals surface area contributed by atoms with Crippen LogP contribution in [0.3, 0.4) is 0 Å². The number of rotatable bonds is 7. The first-order valence-electron chi connectivity index (χ1n) is 11.8. The summed E-state index contributed by atoms with van der Waals surface area (Å²) < 4.78 is 7.61. The van der Waals surface area contributed by atoms with Crippen molar-refractivity contribution in [3.05, 3.63) is 64.0 Å². The van der Waals surface area contributed by atoms with Gasteiger partial charge in [0.05, 0.1) is 11.6 Å². The SMILES string of the molecule is CC#C[C@@H](CC1=NN=NC1)c1ccc(OCc2cc(C)c3scc(C4CCCC4)c3c2)cc1. The summed E-state index contributed by atoms with van der Waals surface area (Å²) >= 11 is 1.90. The minimum absolute atomic E-state index is 0.101. The first-order valence-corrected chi connectivity index (χ1v) is 12.7. The molecule has 0 saturated heterocycles. The Bertz CT molecular complexity index is 1250. The van der Waals surface area contributed by atoms with Crippen molar-refractivity contribution in [2.75, 3.05) is 6.54 Å². The Labute approximate surface area is 199 Å². The molecule has 1 aliphatic heterocycles. The minimum atomic E-state index is 0.101. The Hall–Kier alpha value is -2.97. The standard InChI is InChI=1S/C28H29N3OS/c1-3-6-23(15-24-16-29-31-30-24)21-9-11-25(12-10-21)32-17-20-13-19(2)28-26(14-20)27(18-33-28)22-7-4-5-8-22/h9-14,18,22-23H,4-5,7-8,15-17H2,1-2H3/t23-/m0/s1. The summed E-state index contributed by atoms with van der Waals surface area (Å²) in [5.74, 6) is 8.06. The number of nitrogens with zero attached hydrogens (tertiary/aromatic N) is 3. The van der Waals surface area contributed by atoms with Gasteiger partial charge in [0.1, 0.15) is 18.9 Å². The molecule has 0 radical (unpaired) electrons. The van der Waals surface area contributed by atoms with Crippen molar-refractivity contribution in [2.45, 2.75) is 64.4 Å². The monoisotopic (exact) mass is 455 g/mol. The van der Waals surface area contributed by atoms with Gasteiger partial charge in [-0.3, -0.25) is 0 Å². The average molecular weight is 456 g/mol. The van der Waals surface area contributed by atoms with E-state index in [0.29, 0.717) is 13.2 Å². The summed E-state index contributed by atoms with van der Waals surface area (Å²) in [6, 6.07) is 12.9. The number of thiophene rings is 1.